The Hall–Kier alpha value is -0.610. The van der Waals surface area contributed by atoms with Crippen molar-refractivity contribution in [2.45, 2.75) is 82.4 Å². The Kier molecular flexibility index (Phi) is 11.3. The quantitative estimate of drug-likeness (QED) is 0.279. The van der Waals surface area contributed by atoms with Crippen molar-refractivity contribution in [2.24, 2.45) is 0 Å². The molecule has 0 unspecified atom stereocenters. The van der Waals surface area contributed by atoms with Crippen LogP contribution in [0, 0.1) is 11.6 Å². The molecule has 132 valence electrons. The zero-order valence-corrected chi connectivity index (χ0v) is 15.3. The average molecular weight is 345 g/mol. The molecule has 0 aliphatic carbocycles. The van der Waals surface area contributed by atoms with Crippen molar-refractivity contribution in [1.29, 1.82) is 0 Å². The lowest BCUT2D eigenvalue weighted by Crippen LogP contribution is -1.97. The van der Waals surface area contributed by atoms with Gasteiger partial charge in [0, 0.05) is 22.5 Å². The Morgan fingerprint density at radius 3 is 1.78 bits per heavy atom. The summed E-state index contributed by atoms with van der Waals surface area (Å²) in [6, 6.07) is 2.70. The normalized spacial score (nSPS) is 11.1. The largest absolute Gasteiger partial charge is 0.314 e. The molecule has 1 nitrogen and oxygen atoms in total. The highest BCUT2D eigenvalue weighted by atomic mass is 32.2. The van der Waals surface area contributed by atoms with Gasteiger partial charge >= 0.3 is 0 Å². The van der Waals surface area contributed by atoms with Crippen LogP contribution in [0.15, 0.2) is 17.0 Å². The van der Waals surface area contributed by atoms with E-state index in [2.05, 4.69) is 6.92 Å². The highest BCUT2D eigenvalue weighted by molar-refractivity contribution is 7.94. The maximum Gasteiger partial charge on any atom is 0.130 e. The Labute approximate surface area is 144 Å². The molecule has 0 aromatic heterocycles. The fourth-order valence-corrected chi connectivity index (χ4v) is 3.25. The van der Waals surface area contributed by atoms with Gasteiger partial charge in [0.2, 0.25) is 0 Å². The van der Waals surface area contributed by atoms with Crippen molar-refractivity contribution in [1.82, 2.24) is 0 Å². The second kappa shape index (κ2) is 12.8. The minimum Gasteiger partial charge on any atom is -0.314 e. The maximum absolute atomic E-state index is 13.9. The SMILES string of the molecule is CCCCCCCCCCCCc1c(F)cc(SOC)cc1F. The lowest BCUT2D eigenvalue weighted by atomic mass is 10.0. The molecule has 0 radical (unpaired) electrons. The van der Waals surface area contributed by atoms with E-state index in [9.17, 15) is 8.78 Å². The van der Waals surface area contributed by atoms with Gasteiger partial charge in [0.25, 0.3) is 0 Å². The van der Waals surface area contributed by atoms with E-state index in [0.29, 0.717) is 11.3 Å². The van der Waals surface area contributed by atoms with E-state index >= 15 is 0 Å². The topological polar surface area (TPSA) is 9.23 Å². The van der Waals surface area contributed by atoms with Gasteiger partial charge in [0.05, 0.1) is 7.11 Å². The van der Waals surface area contributed by atoms with Crippen LogP contribution in [0.3, 0.4) is 0 Å². The first-order valence-corrected chi connectivity index (χ1v) is 9.61. The molecule has 23 heavy (non-hydrogen) atoms. The molecule has 0 saturated carbocycles. The molecule has 1 aromatic rings. The zero-order chi connectivity index (χ0) is 16.9. The molecular formula is C19H30F2OS. The minimum atomic E-state index is -0.458. The van der Waals surface area contributed by atoms with Crippen LogP contribution < -0.4 is 0 Å². The maximum atomic E-state index is 13.9. The second-order valence-electron chi connectivity index (χ2n) is 6.05. The van der Waals surface area contributed by atoms with Gasteiger partial charge in [-0.15, -0.1) is 0 Å². The summed E-state index contributed by atoms with van der Waals surface area (Å²) in [6.07, 6.45) is 12.7. The third-order valence-electron chi connectivity index (χ3n) is 4.07. The summed E-state index contributed by atoms with van der Waals surface area (Å²) in [5.74, 6) is -0.916. The standard InChI is InChI=1S/C19H30F2OS/c1-3-4-5-6-7-8-9-10-11-12-13-17-18(20)14-16(23-22-2)15-19(17)21/h14-15H,3-13H2,1-2H3. The van der Waals surface area contributed by atoms with Crippen molar-refractivity contribution in [3.8, 4) is 0 Å². The van der Waals surface area contributed by atoms with E-state index in [1.165, 1.54) is 64.2 Å². The number of hydrogen-bond acceptors (Lipinski definition) is 2. The van der Waals surface area contributed by atoms with Crippen LogP contribution in [0.25, 0.3) is 0 Å². The summed E-state index contributed by atoms with van der Waals surface area (Å²) in [4.78, 5) is 0.467. The molecular weight excluding hydrogens is 314 g/mol. The number of benzene rings is 1. The Bertz CT molecular complexity index is 414. The lowest BCUT2D eigenvalue weighted by Gasteiger charge is -2.07. The van der Waals surface area contributed by atoms with Crippen LogP contribution >= 0.6 is 12.0 Å². The summed E-state index contributed by atoms with van der Waals surface area (Å²) in [5, 5.41) is 0. The molecule has 0 atom stereocenters. The number of unbranched alkanes of at least 4 members (excludes halogenated alkanes) is 9. The van der Waals surface area contributed by atoms with Crippen molar-refractivity contribution in [2.75, 3.05) is 7.11 Å². The third kappa shape index (κ3) is 8.71. The fourth-order valence-electron chi connectivity index (χ4n) is 2.75. The Balaban J connectivity index is 2.16. The number of halogens is 2. The fraction of sp³-hybridized carbons (Fsp3) is 0.684. The highest BCUT2D eigenvalue weighted by Crippen LogP contribution is 2.25. The van der Waals surface area contributed by atoms with Gasteiger partial charge in [-0.25, -0.2) is 8.78 Å². The molecule has 0 saturated heterocycles. The lowest BCUT2D eigenvalue weighted by molar-refractivity contribution is 0.487. The van der Waals surface area contributed by atoms with Gasteiger partial charge in [-0.3, -0.25) is 0 Å². The van der Waals surface area contributed by atoms with Crippen LogP contribution in [-0.4, -0.2) is 7.11 Å². The predicted octanol–water partition coefficient (Wildman–Crippen LogP) is 7.08. The molecule has 1 rings (SSSR count). The first kappa shape index (κ1) is 20.4. The number of hydrogen-bond donors (Lipinski definition) is 0. The van der Waals surface area contributed by atoms with E-state index in [4.69, 9.17) is 4.18 Å². The van der Waals surface area contributed by atoms with E-state index in [-0.39, 0.29) is 5.56 Å². The first-order valence-electron chi connectivity index (χ1n) is 8.87. The van der Waals surface area contributed by atoms with Crippen LogP contribution in [0.5, 0.6) is 0 Å². The van der Waals surface area contributed by atoms with E-state index in [0.717, 1.165) is 31.3 Å². The predicted molar refractivity (Wildman–Crippen MR) is 94.8 cm³/mol. The van der Waals surface area contributed by atoms with Crippen molar-refractivity contribution in [3.63, 3.8) is 0 Å². The molecule has 0 amide bonds. The molecule has 0 heterocycles. The Morgan fingerprint density at radius 2 is 1.30 bits per heavy atom. The average Bonchev–Trinajstić information content (AvgIpc) is 2.51. The van der Waals surface area contributed by atoms with Gasteiger partial charge in [-0.1, -0.05) is 64.7 Å². The van der Waals surface area contributed by atoms with Gasteiger partial charge in [0.1, 0.15) is 11.6 Å². The van der Waals surface area contributed by atoms with Gasteiger partial charge in [0.15, 0.2) is 0 Å². The summed E-state index contributed by atoms with van der Waals surface area (Å²) in [6.45, 7) is 2.23. The zero-order valence-electron chi connectivity index (χ0n) is 14.5. The summed E-state index contributed by atoms with van der Waals surface area (Å²) in [7, 11) is 1.48. The van der Waals surface area contributed by atoms with Crippen LogP contribution in [0.1, 0.15) is 76.7 Å². The van der Waals surface area contributed by atoms with E-state index in [1.807, 2.05) is 0 Å². The van der Waals surface area contributed by atoms with Gasteiger partial charge in [-0.2, -0.15) is 0 Å². The van der Waals surface area contributed by atoms with Crippen molar-refractivity contribution >= 4 is 12.0 Å². The molecule has 0 spiro atoms. The van der Waals surface area contributed by atoms with Crippen molar-refractivity contribution < 1.29 is 13.0 Å². The molecule has 0 aliphatic rings. The highest BCUT2D eigenvalue weighted by Gasteiger charge is 2.11. The smallest absolute Gasteiger partial charge is 0.130 e. The van der Waals surface area contributed by atoms with Gasteiger partial charge < -0.3 is 4.18 Å². The minimum absolute atomic E-state index is 0.213. The summed E-state index contributed by atoms with van der Waals surface area (Å²) < 4.78 is 32.6. The summed E-state index contributed by atoms with van der Waals surface area (Å²) >= 11 is 0.977. The van der Waals surface area contributed by atoms with Crippen LogP contribution in [0.2, 0.25) is 0 Å². The molecule has 0 N–H and O–H groups in total. The first-order chi connectivity index (χ1) is 11.2. The summed E-state index contributed by atoms with van der Waals surface area (Å²) in [5.41, 5.74) is 0.213. The second-order valence-corrected chi connectivity index (χ2v) is 7.02. The third-order valence-corrected chi connectivity index (χ3v) is 4.67. The van der Waals surface area contributed by atoms with Crippen molar-refractivity contribution in [3.05, 3.63) is 29.3 Å². The monoisotopic (exact) mass is 344 g/mol. The molecule has 0 aliphatic heterocycles. The Morgan fingerprint density at radius 1 is 0.826 bits per heavy atom. The molecule has 1 aromatic carbocycles. The molecule has 0 bridgehead atoms. The van der Waals surface area contributed by atoms with Crippen LogP contribution in [0.4, 0.5) is 8.78 Å². The van der Waals surface area contributed by atoms with E-state index < -0.39 is 11.6 Å². The number of rotatable bonds is 13. The molecule has 0 fully saturated rings. The van der Waals surface area contributed by atoms with E-state index in [1.54, 1.807) is 0 Å². The van der Waals surface area contributed by atoms with Gasteiger partial charge in [-0.05, 0) is 25.0 Å². The van der Waals surface area contributed by atoms with Crippen LogP contribution in [-0.2, 0) is 10.6 Å². The molecule has 4 heteroatoms.